The Hall–Kier alpha value is -3.26. The summed E-state index contributed by atoms with van der Waals surface area (Å²) in [6.07, 6.45) is 0. The number of carbonyl (C=O) groups excluding carboxylic acids is 1. The first-order valence-electron chi connectivity index (χ1n) is 9.07. The van der Waals surface area contributed by atoms with Gasteiger partial charge in [-0.15, -0.1) is 0 Å². The number of nitrogens with one attached hydrogen (secondary N) is 1. The third-order valence-corrected chi connectivity index (χ3v) is 4.98. The molecule has 3 rings (SSSR count). The second-order valence-electron chi connectivity index (χ2n) is 6.85. The first-order chi connectivity index (χ1) is 13.8. The van der Waals surface area contributed by atoms with Crippen LogP contribution in [0.4, 0.5) is 11.4 Å². The number of allylic oxidation sites excluding steroid dienone is 1. The van der Waals surface area contributed by atoms with Gasteiger partial charge in [0.2, 0.25) is 0 Å². The van der Waals surface area contributed by atoms with Gasteiger partial charge in [0, 0.05) is 23.5 Å². The Morgan fingerprint density at radius 3 is 2.31 bits per heavy atom. The predicted molar refractivity (Wildman–Crippen MR) is 114 cm³/mol. The van der Waals surface area contributed by atoms with Crippen LogP contribution in [-0.4, -0.2) is 23.1 Å². The van der Waals surface area contributed by atoms with E-state index in [4.69, 9.17) is 17.0 Å². The van der Waals surface area contributed by atoms with E-state index in [2.05, 4.69) is 5.32 Å². The van der Waals surface area contributed by atoms with E-state index < -0.39 is 16.9 Å². The maximum absolute atomic E-state index is 12.8. The number of anilines is 1. The minimum Gasteiger partial charge on any atom is -0.466 e. The fraction of sp³-hybridized carbons (Fsp3) is 0.238. The molecule has 1 aliphatic rings. The predicted octanol–water partition coefficient (Wildman–Crippen LogP) is 4.11. The van der Waals surface area contributed by atoms with Gasteiger partial charge in [0.1, 0.15) is 0 Å². The number of benzene rings is 2. The lowest BCUT2D eigenvalue weighted by Crippen LogP contribution is -2.49. The Bertz CT molecular complexity index is 971. The minimum absolute atomic E-state index is 0.0225. The van der Waals surface area contributed by atoms with E-state index in [0.29, 0.717) is 16.2 Å². The molecule has 29 heavy (non-hydrogen) atoms. The van der Waals surface area contributed by atoms with Crippen LogP contribution in [-0.2, 0) is 9.53 Å². The maximum Gasteiger partial charge on any atom is 0.338 e. The molecule has 1 N–H and O–H groups in total. The molecular weight excluding hydrogens is 390 g/mol. The number of non-ortho nitro benzene ring substituents is 1. The molecule has 0 spiro atoms. The van der Waals surface area contributed by atoms with Gasteiger partial charge in [-0.25, -0.2) is 4.79 Å². The van der Waals surface area contributed by atoms with Crippen molar-refractivity contribution < 1.29 is 14.5 Å². The Kier molecular flexibility index (Phi) is 5.93. The Morgan fingerprint density at radius 2 is 1.79 bits per heavy atom. The molecule has 0 fully saturated rings. The first kappa shape index (κ1) is 20.5. The molecule has 0 saturated carbocycles. The molecule has 0 saturated heterocycles. The highest BCUT2D eigenvalue weighted by atomic mass is 32.1. The van der Waals surface area contributed by atoms with Gasteiger partial charge in [-0.2, -0.15) is 0 Å². The van der Waals surface area contributed by atoms with Crippen LogP contribution in [0.2, 0.25) is 0 Å². The van der Waals surface area contributed by atoms with Crippen molar-refractivity contribution in [3.8, 4) is 0 Å². The zero-order chi connectivity index (χ0) is 21.1. The zero-order valence-electron chi connectivity index (χ0n) is 16.3. The molecule has 1 heterocycles. The van der Waals surface area contributed by atoms with Gasteiger partial charge >= 0.3 is 5.97 Å². The maximum atomic E-state index is 12.8. The van der Waals surface area contributed by atoms with Gasteiger partial charge in [0.25, 0.3) is 5.69 Å². The van der Waals surface area contributed by atoms with Crippen molar-refractivity contribution >= 4 is 34.7 Å². The summed E-state index contributed by atoms with van der Waals surface area (Å²) in [7, 11) is 1.33. The van der Waals surface area contributed by atoms with Crippen molar-refractivity contribution in [2.24, 2.45) is 5.92 Å². The minimum atomic E-state index is -0.576. The number of nitrogens with zero attached hydrogens (tertiary/aromatic N) is 2. The lowest BCUT2D eigenvalue weighted by Gasteiger charge is -2.40. The number of ether oxygens (including phenoxy) is 1. The molecule has 2 aromatic carbocycles. The number of esters is 1. The van der Waals surface area contributed by atoms with Crippen molar-refractivity contribution in [1.29, 1.82) is 0 Å². The van der Waals surface area contributed by atoms with Gasteiger partial charge in [0.05, 0.1) is 23.6 Å². The average molecular weight is 411 g/mol. The van der Waals surface area contributed by atoms with Crippen LogP contribution in [0.5, 0.6) is 0 Å². The van der Waals surface area contributed by atoms with E-state index in [1.807, 2.05) is 49.1 Å². The van der Waals surface area contributed by atoms with E-state index in [1.165, 1.54) is 19.2 Å². The SMILES string of the molecule is COC(=O)C1=C(C(C)C)N(c2ccccc2)C(=S)N[C@@H]1c1ccc([N+](=O)[O-])cc1. The molecule has 1 aliphatic heterocycles. The smallest absolute Gasteiger partial charge is 0.338 e. The van der Waals surface area contributed by atoms with Crippen molar-refractivity contribution in [2.45, 2.75) is 19.9 Å². The van der Waals surface area contributed by atoms with E-state index >= 15 is 0 Å². The Labute approximate surface area is 174 Å². The third kappa shape index (κ3) is 3.97. The van der Waals surface area contributed by atoms with Gasteiger partial charge in [-0.1, -0.05) is 32.0 Å². The fourth-order valence-corrected chi connectivity index (χ4v) is 3.73. The molecule has 0 unspecified atom stereocenters. The van der Waals surface area contributed by atoms with Crippen LogP contribution in [0.3, 0.4) is 0 Å². The van der Waals surface area contributed by atoms with Crippen LogP contribution in [0, 0.1) is 16.0 Å². The number of rotatable bonds is 5. The number of hydrogen-bond donors (Lipinski definition) is 1. The van der Waals surface area contributed by atoms with E-state index in [9.17, 15) is 14.9 Å². The molecule has 8 heteroatoms. The monoisotopic (exact) mass is 411 g/mol. The Balaban J connectivity index is 2.19. The highest BCUT2D eigenvalue weighted by molar-refractivity contribution is 7.80. The summed E-state index contributed by atoms with van der Waals surface area (Å²) in [5, 5.41) is 14.6. The second kappa shape index (κ2) is 8.40. The molecule has 0 bridgehead atoms. The third-order valence-electron chi connectivity index (χ3n) is 4.68. The largest absolute Gasteiger partial charge is 0.466 e. The zero-order valence-corrected chi connectivity index (χ0v) is 17.1. The quantitative estimate of drug-likeness (QED) is 0.343. The Morgan fingerprint density at radius 1 is 1.17 bits per heavy atom. The van der Waals surface area contributed by atoms with E-state index in [-0.39, 0.29) is 11.6 Å². The van der Waals surface area contributed by atoms with Crippen molar-refractivity contribution in [2.75, 3.05) is 12.0 Å². The van der Waals surface area contributed by atoms with Gasteiger partial charge in [-0.3, -0.25) is 15.0 Å². The molecule has 0 radical (unpaired) electrons. The summed E-state index contributed by atoms with van der Waals surface area (Å²) in [5.74, 6) is -0.516. The topological polar surface area (TPSA) is 84.7 Å². The number of nitro groups is 1. The van der Waals surface area contributed by atoms with Gasteiger partial charge < -0.3 is 10.1 Å². The summed E-state index contributed by atoms with van der Waals surface area (Å²) >= 11 is 5.65. The number of nitro benzene ring substituents is 1. The number of carbonyl (C=O) groups is 1. The lowest BCUT2D eigenvalue weighted by molar-refractivity contribution is -0.384. The summed E-state index contributed by atoms with van der Waals surface area (Å²) in [5.41, 5.74) is 2.65. The highest BCUT2D eigenvalue weighted by Gasteiger charge is 2.38. The normalized spacial score (nSPS) is 16.6. The number of hydrogen-bond acceptors (Lipinski definition) is 5. The lowest BCUT2D eigenvalue weighted by atomic mass is 9.90. The molecule has 0 aromatic heterocycles. The summed E-state index contributed by atoms with van der Waals surface area (Å²) in [6, 6.07) is 15.0. The summed E-state index contributed by atoms with van der Waals surface area (Å²) in [4.78, 5) is 25.2. The molecule has 2 aromatic rings. The van der Waals surface area contributed by atoms with Gasteiger partial charge in [-0.05, 0) is 48.0 Å². The standard InChI is InChI=1S/C21H21N3O4S/c1-13(2)19-17(20(25)28-3)18(14-9-11-16(12-10-14)24(26)27)22-21(29)23(19)15-7-5-4-6-8-15/h4-13,18H,1-3H3,(H,22,29)/t18-/m1/s1. The van der Waals surface area contributed by atoms with Crippen LogP contribution < -0.4 is 10.2 Å². The summed E-state index contributed by atoms with van der Waals surface area (Å²) in [6.45, 7) is 3.96. The molecule has 0 aliphatic carbocycles. The number of thiocarbonyl (C=S) groups is 1. The van der Waals surface area contributed by atoms with Gasteiger partial charge in [0.15, 0.2) is 5.11 Å². The first-order valence-corrected chi connectivity index (χ1v) is 9.48. The van der Waals surface area contributed by atoms with E-state index in [0.717, 1.165) is 11.4 Å². The van der Waals surface area contributed by atoms with Crippen LogP contribution in [0.15, 0.2) is 65.9 Å². The average Bonchev–Trinajstić information content (AvgIpc) is 2.72. The molecule has 0 amide bonds. The van der Waals surface area contributed by atoms with Crippen molar-refractivity contribution in [3.05, 3.63) is 81.5 Å². The number of para-hydroxylation sites is 1. The van der Waals surface area contributed by atoms with Crippen LogP contribution >= 0.6 is 12.2 Å². The van der Waals surface area contributed by atoms with Crippen molar-refractivity contribution in [3.63, 3.8) is 0 Å². The molecule has 1 atom stereocenters. The fourth-order valence-electron chi connectivity index (χ4n) is 3.41. The second-order valence-corrected chi connectivity index (χ2v) is 7.23. The van der Waals surface area contributed by atoms with Crippen LogP contribution in [0.25, 0.3) is 0 Å². The highest BCUT2D eigenvalue weighted by Crippen LogP contribution is 2.37. The molecule has 7 nitrogen and oxygen atoms in total. The molecular formula is C21H21N3O4S. The number of methoxy groups -OCH3 is 1. The summed E-state index contributed by atoms with van der Waals surface area (Å²) < 4.78 is 5.09. The van der Waals surface area contributed by atoms with Crippen LogP contribution in [0.1, 0.15) is 25.5 Å². The van der Waals surface area contributed by atoms with E-state index in [1.54, 1.807) is 12.1 Å². The molecule has 150 valence electrons. The van der Waals surface area contributed by atoms with Crippen molar-refractivity contribution in [1.82, 2.24) is 5.32 Å².